The number of urea groups is 1. The first-order valence-corrected chi connectivity index (χ1v) is 8.52. The molecular weight excluding hydrogens is 292 g/mol. The fourth-order valence-electron chi connectivity index (χ4n) is 2.94. The molecule has 0 radical (unpaired) electrons. The lowest BCUT2D eigenvalue weighted by molar-refractivity contribution is -0.00274. The summed E-state index contributed by atoms with van der Waals surface area (Å²) in [7, 11) is 0. The summed E-state index contributed by atoms with van der Waals surface area (Å²) in [4.78, 5) is 12.1. The molecule has 1 aliphatic rings. The highest BCUT2D eigenvalue weighted by atomic mass is 16.5. The van der Waals surface area contributed by atoms with Gasteiger partial charge in [-0.3, -0.25) is 0 Å². The maximum atomic E-state index is 12.1. The van der Waals surface area contributed by atoms with Gasteiger partial charge in [-0.15, -0.1) is 0 Å². The zero-order valence-electron chi connectivity index (χ0n) is 13.8. The monoisotopic (exact) mass is 320 g/mol. The van der Waals surface area contributed by atoms with E-state index in [0.29, 0.717) is 13.0 Å². The minimum Gasteiger partial charge on any atom is -0.396 e. The third kappa shape index (κ3) is 6.20. The predicted molar refractivity (Wildman–Crippen MR) is 90.1 cm³/mol. The van der Waals surface area contributed by atoms with Crippen LogP contribution in [0.3, 0.4) is 0 Å². The number of benzene rings is 1. The van der Waals surface area contributed by atoms with E-state index in [-0.39, 0.29) is 30.8 Å². The zero-order valence-corrected chi connectivity index (χ0v) is 13.8. The molecule has 0 saturated heterocycles. The van der Waals surface area contributed by atoms with Crippen LogP contribution in [0, 0.1) is 0 Å². The Labute approximate surface area is 138 Å². The van der Waals surface area contributed by atoms with E-state index >= 15 is 0 Å². The first-order chi connectivity index (χ1) is 11.2. The topological polar surface area (TPSA) is 70.6 Å². The zero-order chi connectivity index (χ0) is 16.5. The quantitative estimate of drug-likeness (QED) is 0.723. The number of nitrogens with one attached hydrogen (secondary N) is 2. The number of ether oxygens (including phenoxy) is 1. The molecule has 23 heavy (non-hydrogen) atoms. The summed E-state index contributed by atoms with van der Waals surface area (Å²) in [6, 6.07) is 9.94. The number of rotatable bonds is 7. The van der Waals surface area contributed by atoms with Gasteiger partial charge in [0.25, 0.3) is 0 Å². The molecule has 1 aliphatic carbocycles. The van der Waals surface area contributed by atoms with Gasteiger partial charge in [-0.25, -0.2) is 4.79 Å². The van der Waals surface area contributed by atoms with Crippen LogP contribution in [0.5, 0.6) is 0 Å². The van der Waals surface area contributed by atoms with E-state index in [1.165, 1.54) is 0 Å². The average molecular weight is 320 g/mol. The van der Waals surface area contributed by atoms with Crippen molar-refractivity contribution in [2.24, 2.45) is 0 Å². The third-order valence-electron chi connectivity index (χ3n) is 4.27. The Bertz CT molecular complexity index is 467. The Kier molecular flexibility index (Phi) is 7.36. The summed E-state index contributed by atoms with van der Waals surface area (Å²) in [5.74, 6) is 0. The van der Waals surface area contributed by atoms with Crippen LogP contribution in [0.25, 0.3) is 0 Å². The van der Waals surface area contributed by atoms with Crippen molar-refractivity contribution in [3.05, 3.63) is 35.9 Å². The number of carbonyl (C=O) groups is 1. The highest BCUT2D eigenvalue weighted by Crippen LogP contribution is 2.22. The van der Waals surface area contributed by atoms with Gasteiger partial charge in [0, 0.05) is 12.6 Å². The Morgan fingerprint density at radius 2 is 2.04 bits per heavy atom. The first-order valence-electron chi connectivity index (χ1n) is 8.52. The van der Waals surface area contributed by atoms with Crippen LogP contribution in [0.1, 0.15) is 44.6 Å². The standard InChI is InChI=1S/C18H28N2O3/c1-14(11-12-21)19-18(22)20-16-9-5-6-10-17(16)23-13-15-7-3-2-4-8-15/h2-4,7-8,14,16-17,21H,5-6,9-13H2,1H3,(H2,19,20,22)/t14-,16?,17?/m1/s1. The van der Waals surface area contributed by atoms with Gasteiger partial charge < -0.3 is 20.5 Å². The second kappa shape index (κ2) is 9.53. The Hall–Kier alpha value is -1.59. The summed E-state index contributed by atoms with van der Waals surface area (Å²) in [6.45, 7) is 2.54. The highest BCUT2D eigenvalue weighted by Gasteiger charge is 2.27. The van der Waals surface area contributed by atoms with E-state index in [4.69, 9.17) is 9.84 Å². The van der Waals surface area contributed by atoms with Gasteiger partial charge in [0.2, 0.25) is 0 Å². The number of hydrogen-bond acceptors (Lipinski definition) is 3. The summed E-state index contributed by atoms with van der Waals surface area (Å²) in [6.07, 6.45) is 4.79. The van der Waals surface area contributed by atoms with Crippen molar-refractivity contribution < 1.29 is 14.6 Å². The van der Waals surface area contributed by atoms with Gasteiger partial charge in [-0.1, -0.05) is 43.2 Å². The largest absolute Gasteiger partial charge is 0.396 e. The molecule has 0 aromatic heterocycles. The summed E-state index contributed by atoms with van der Waals surface area (Å²) in [5, 5.41) is 14.8. The number of aliphatic hydroxyl groups excluding tert-OH is 1. The maximum absolute atomic E-state index is 12.1. The van der Waals surface area contributed by atoms with E-state index in [0.717, 1.165) is 31.2 Å². The molecule has 128 valence electrons. The lowest BCUT2D eigenvalue weighted by Crippen LogP contribution is -2.51. The van der Waals surface area contributed by atoms with Crippen molar-refractivity contribution in [1.82, 2.24) is 10.6 Å². The molecule has 1 aromatic rings. The maximum Gasteiger partial charge on any atom is 0.315 e. The van der Waals surface area contributed by atoms with Crippen LogP contribution in [-0.2, 0) is 11.3 Å². The van der Waals surface area contributed by atoms with Gasteiger partial charge >= 0.3 is 6.03 Å². The normalized spacial score (nSPS) is 22.3. The molecule has 1 fully saturated rings. The van der Waals surface area contributed by atoms with Crippen LogP contribution in [0.2, 0.25) is 0 Å². The Balaban J connectivity index is 1.81. The summed E-state index contributed by atoms with van der Waals surface area (Å²) in [5.41, 5.74) is 1.15. The van der Waals surface area contributed by atoms with Gasteiger partial charge in [0.15, 0.2) is 0 Å². The molecule has 2 rings (SSSR count). The molecule has 5 heteroatoms. The fraction of sp³-hybridized carbons (Fsp3) is 0.611. The summed E-state index contributed by atoms with van der Waals surface area (Å²) >= 11 is 0. The van der Waals surface area contributed by atoms with Gasteiger partial charge in [-0.2, -0.15) is 0 Å². The van der Waals surface area contributed by atoms with Crippen molar-refractivity contribution in [3.63, 3.8) is 0 Å². The second-order valence-corrected chi connectivity index (χ2v) is 6.26. The van der Waals surface area contributed by atoms with Crippen molar-refractivity contribution in [1.29, 1.82) is 0 Å². The molecule has 1 saturated carbocycles. The molecule has 3 N–H and O–H groups in total. The number of hydrogen-bond donors (Lipinski definition) is 3. The lowest BCUT2D eigenvalue weighted by Gasteiger charge is -2.32. The van der Waals surface area contributed by atoms with Gasteiger partial charge in [0.05, 0.1) is 18.8 Å². The van der Waals surface area contributed by atoms with Crippen molar-refractivity contribution in [2.75, 3.05) is 6.61 Å². The van der Waals surface area contributed by atoms with Gasteiger partial charge in [-0.05, 0) is 31.7 Å². The van der Waals surface area contributed by atoms with Crippen LogP contribution in [0.4, 0.5) is 4.79 Å². The van der Waals surface area contributed by atoms with Crippen molar-refractivity contribution in [2.45, 2.75) is 63.8 Å². The van der Waals surface area contributed by atoms with Crippen LogP contribution < -0.4 is 10.6 Å². The number of amides is 2. The van der Waals surface area contributed by atoms with E-state index in [9.17, 15) is 4.79 Å². The summed E-state index contributed by atoms with van der Waals surface area (Å²) < 4.78 is 6.05. The molecule has 5 nitrogen and oxygen atoms in total. The molecule has 0 heterocycles. The average Bonchev–Trinajstić information content (AvgIpc) is 2.55. The fourth-order valence-corrected chi connectivity index (χ4v) is 2.94. The lowest BCUT2D eigenvalue weighted by atomic mass is 9.92. The Morgan fingerprint density at radius 3 is 2.78 bits per heavy atom. The number of aliphatic hydroxyl groups is 1. The molecule has 0 bridgehead atoms. The third-order valence-corrected chi connectivity index (χ3v) is 4.27. The smallest absolute Gasteiger partial charge is 0.315 e. The van der Waals surface area contributed by atoms with Crippen LogP contribution >= 0.6 is 0 Å². The molecule has 2 amide bonds. The second-order valence-electron chi connectivity index (χ2n) is 6.26. The molecule has 3 atom stereocenters. The Morgan fingerprint density at radius 1 is 1.30 bits per heavy atom. The minimum atomic E-state index is -0.175. The predicted octanol–water partition coefficient (Wildman–Crippen LogP) is 2.58. The van der Waals surface area contributed by atoms with Crippen LogP contribution in [0.15, 0.2) is 30.3 Å². The number of carbonyl (C=O) groups excluding carboxylic acids is 1. The molecule has 0 aliphatic heterocycles. The van der Waals surface area contributed by atoms with E-state index in [2.05, 4.69) is 22.8 Å². The van der Waals surface area contributed by atoms with Crippen molar-refractivity contribution >= 4 is 6.03 Å². The van der Waals surface area contributed by atoms with Crippen molar-refractivity contribution in [3.8, 4) is 0 Å². The molecular formula is C18H28N2O3. The molecule has 1 aromatic carbocycles. The van der Waals surface area contributed by atoms with Gasteiger partial charge in [0.1, 0.15) is 0 Å². The van der Waals surface area contributed by atoms with Crippen LogP contribution in [-0.4, -0.2) is 35.9 Å². The minimum absolute atomic E-state index is 0.0349. The molecule has 0 spiro atoms. The first kappa shape index (κ1) is 17.8. The molecule has 2 unspecified atom stereocenters. The highest BCUT2D eigenvalue weighted by molar-refractivity contribution is 5.74. The van der Waals surface area contributed by atoms with E-state index < -0.39 is 0 Å². The van der Waals surface area contributed by atoms with E-state index in [1.54, 1.807) is 0 Å². The van der Waals surface area contributed by atoms with E-state index in [1.807, 2.05) is 25.1 Å². The SMILES string of the molecule is C[C@H](CCO)NC(=O)NC1CCCCC1OCc1ccccc1.